The Morgan fingerprint density at radius 1 is 1.29 bits per heavy atom. The summed E-state index contributed by atoms with van der Waals surface area (Å²) in [5, 5.41) is 12.6. The number of ketones is 2. The summed E-state index contributed by atoms with van der Waals surface area (Å²) in [5.74, 6) is -2.87. The topological polar surface area (TPSA) is 92.7 Å². The van der Waals surface area contributed by atoms with E-state index in [1.807, 2.05) is 0 Å². The Morgan fingerprint density at radius 2 is 2.05 bits per heavy atom. The molecule has 1 aliphatic heterocycles. The van der Waals surface area contributed by atoms with E-state index in [9.17, 15) is 19.5 Å². The van der Waals surface area contributed by atoms with Gasteiger partial charge >= 0.3 is 5.97 Å². The van der Waals surface area contributed by atoms with Crippen LogP contribution in [-0.4, -0.2) is 29.8 Å². The van der Waals surface area contributed by atoms with Gasteiger partial charge in [0.15, 0.2) is 5.78 Å². The molecule has 2 N–H and O–H groups in total. The summed E-state index contributed by atoms with van der Waals surface area (Å²) in [4.78, 5) is 36.8. The van der Waals surface area contributed by atoms with Crippen molar-refractivity contribution in [2.45, 2.75) is 0 Å². The molecule has 1 heterocycles. The van der Waals surface area contributed by atoms with Gasteiger partial charge in [-0.05, 0) is 24.4 Å². The van der Waals surface area contributed by atoms with E-state index in [1.165, 1.54) is 37.6 Å². The van der Waals surface area contributed by atoms with Gasteiger partial charge in [-0.3, -0.25) is 14.4 Å². The highest BCUT2D eigenvalue weighted by atomic mass is 16.5. The predicted molar refractivity (Wildman–Crippen MR) is 71.6 cm³/mol. The van der Waals surface area contributed by atoms with Crippen molar-refractivity contribution in [3.63, 3.8) is 0 Å². The summed E-state index contributed by atoms with van der Waals surface area (Å²) in [6.07, 6.45) is 2.88. The average molecular weight is 285 g/mol. The van der Waals surface area contributed by atoms with Gasteiger partial charge in [-0.1, -0.05) is 6.07 Å². The second-order valence-corrected chi connectivity index (χ2v) is 4.65. The number of phenolic OH excluding ortho intramolecular Hbond substituents is 1. The van der Waals surface area contributed by atoms with Crippen molar-refractivity contribution in [1.29, 1.82) is 0 Å². The van der Waals surface area contributed by atoms with E-state index in [-0.39, 0.29) is 28.1 Å². The number of carbonyl (C=O) groups excluding carboxylic acids is 3. The van der Waals surface area contributed by atoms with Crippen LogP contribution in [0.4, 0.5) is 0 Å². The average Bonchev–Trinajstić information content (AvgIpc) is 2.51. The van der Waals surface area contributed by atoms with Gasteiger partial charge in [-0.15, -0.1) is 0 Å². The molecule has 1 unspecified atom stereocenters. The molecule has 0 saturated heterocycles. The Hall–Kier alpha value is -2.89. The number of rotatable bonds is 1. The first kappa shape index (κ1) is 13.1. The van der Waals surface area contributed by atoms with Crippen molar-refractivity contribution in [2.24, 2.45) is 5.92 Å². The van der Waals surface area contributed by atoms with Crippen LogP contribution in [0.1, 0.15) is 20.7 Å². The Bertz CT molecular complexity index is 744. The third kappa shape index (κ3) is 1.76. The number of allylic oxidation sites excluding steroid dienone is 1. The minimum atomic E-state index is -0.963. The monoisotopic (exact) mass is 285 g/mol. The fraction of sp³-hybridized carbons (Fsp3) is 0.133. The lowest BCUT2D eigenvalue weighted by Gasteiger charge is -2.27. The lowest BCUT2D eigenvalue weighted by atomic mass is 9.79. The smallest absolute Gasteiger partial charge is 0.317 e. The highest BCUT2D eigenvalue weighted by Crippen LogP contribution is 2.36. The van der Waals surface area contributed by atoms with Gasteiger partial charge in [0.1, 0.15) is 11.7 Å². The number of Topliss-reactive ketones (excluding diaryl/α,β-unsaturated/α-hetero) is 2. The van der Waals surface area contributed by atoms with Gasteiger partial charge in [-0.2, -0.15) is 0 Å². The molecule has 2 aliphatic rings. The standard InChI is InChI=1S/C15H11NO5/c1-21-15(20)8-5-6-16-12-11(8)14(19)10-7(13(12)18)3-2-4-9(10)17/h2-6,8,16-17H,1H3. The summed E-state index contributed by atoms with van der Waals surface area (Å²) in [6, 6.07) is 4.28. The van der Waals surface area contributed by atoms with Gasteiger partial charge in [-0.25, -0.2) is 0 Å². The van der Waals surface area contributed by atoms with Gasteiger partial charge in [0.2, 0.25) is 5.78 Å². The zero-order valence-electron chi connectivity index (χ0n) is 11.0. The van der Waals surface area contributed by atoms with Gasteiger partial charge in [0.05, 0.1) is 18.4 Å². The molecule has 0 spiro atoms. The number of benzene rings is 1. The van der Waals surface area contributed by atoms with Crippen LogP contribution in [0, 0.1) is 5.92 Å². The van der Waals surface area contributed by atoms with Crippen LogP contribution < -0.4 is 5.32 Å². The maximum atomic E-state index is 12.6. The van der Waals surface area contributed by atoms with Crippen molar-refractivity contribution >= 4 is 17.5 Å². The number of dihydropyridines is 1. The lowest BCUT2D eigenvalue weighted by Crippen LogP contribution is -2.36. The molecule has 1 atom stereocenters. The van der Waals surface area contributed by atoms with Crippen molar-refractivity contribution in [1.82, 2.24) is 5.32 Å². The molecular formula is C15H11NO5. The van der Waals surface area contributed by atoms with Crippen molar-refractivity contribution in [3.05, 3.63) is 52.9 Å². The molecule has 0 aromatic heterocycles. The van der Waals surface area contributed by atoms with E-state index in [0.717, 1.165) is 0 Å². The van der Waals surface area contributed by atoms with Gasteiger partial charge < -0.3 is 15.2 Å². The molecule has 1 aromatic rings. The summed E-state index contributed by atoms with van der Waals surface area (Å²) >= 11 is 0. The maximum Gasteiger partial charge on any atom is 0.317 e. The van der Waals surface area contributed by atoms with E-state index in [1.54, 1.807) is 0 Å². The number of hydrogen-bond donors (Lipinski definition) is 2. The number of fused-ring (bicyclic) bond motifs is 1. The molecule has 1 aromatic carbocycles. The second-order valence-electron chi connectivity index (χ2n) is 4.65. The molecule has 0 fully saturated rings. The first-order valence-electron chi connectivity index (χ1n) is 6.23. The minimum absolute atomic E-state index is 0.00310. The number of carbonyl (C=O) groups is 3. The third-order valence-corrected chi connectivity index (χ3v) is 3.54. The number of esters is 1. The summed E-state index contributed by atoms with van der Waals surface area (Å²) in [6.45, 7) is 0. The lowest BCUT2D eigenvalue weighted by molar-refractivity contribution is -0.142. The molecule has 0 bridgehead atoms. The summed E-state index contributed by atoms with van der Waals surface area (Å²) < 4.78 is 4.66. The van der Waals surface area contributed by atoms with Crippen molar-refractivity contribution in [3.8, 4) is 5.75 Å². The number of methoxy groups -OCH3 is 1. The van der Waals surface area contributed by atoms with Crippen LogP contribution >= 0.6 is 0 Å². The fourth-order valence-corrected chi connectivity index (χ4v) is 2.56. The molecule has 0 saturated carbocycles. The van der Waals surface area contributed by atoms with Crippen LogP contribution in [0.2, 0.25) is 0 Å². The summed E-state index contributed by atoms with van der Waals surface area (Å²) in [5.41, 5.74) is 0.0942. The number of ether oxygens (including phenoxy) is 1. The number of nitrogens with one attached hydrogen (secondary N) is 1. The molecule has 21 heavy (non-hydrogen) atoms. The van der Waals surface area contributed by atoms with Crippen LogP contribution in [0.15, 0.2) is 41.7 Å². The fourth-order valence-electron chi connectivity index (χ4n) is 2.56. The zero-order chi connectivity index (χ0) is 15.1. The van der Waals surface area contributed by atoms with E-state index in [4.69, 9.17) is 0 Å². The number of hydrogen-bond acceptors (Lipinski definition) is 6. The largest absolute Gasteiger partial charge is 0.507 e. The Morgan fingerprint density at radius 3 is 2.76 bits per heavy atom. The molecule has 3 rings (SSSR count). The molecule has 106 valence electrons. The highest BCUT2D eigenvalue weighted by Gasteiger charge is 2.41. The van der Waals surface area contributed by atoms with Crippen molar-refractivity contribution < 1.29 is 24.2 Å². The Balaban J connectivity index is 2.21. The van der Waals surface area contributed by atoms with Crippen LogP contribution in [0.3, 0.4) is 0 Å². The third-order valence-electron chi connectivity index (χ3n) is 3.54. The Kier molecular flexibility index (Phi) is 2.86. The van der Waals surface area contributed by atoms with Gasteiger partial charge in [0, 0.05) is 11.1 Å². The van der Waals surface area contributed by atoms with Crippen LogP contribution in [0.25, 0.3) is 0 Å². The molecule has 0 radical (unpaired) electrons. The molecular weight excluding hydrogens is 274 g/mol. The quantitative estimate of drug-likeness (QED) is 0.746. The van der Waals surface area contributed by atoms with Crippen LogP contribution in [-0.2, 0) is 9.53 Å². The zero-order valence-corrected chi connectivity index (χ0v) is 11.0. The van der Waals surface area contributed by atoms with Crippen LogP contribution in [0.5, 0.6) is 5.75 Å². The van der Waals surface area contributed by atoms with Crippen molar-refractivity contribution in [2.75, 3.05) is 7.11 Å². The maximum absolute atomic E-state index is 12.6. The van der Waals surface area contributed by atoms with E-state index in [0.29, 0.717) is 0 Å². The van der Waals surface area contributed by atoms with E-state index in [2.05, 4.69) is 10.1 Å². The molecule has 0 amide bonds. The normalized spacial score (nSPS) is 19.8. The number of phenols is 1. The SMILES string of the molecule is COC(=O)C1C=CNC2=C1C(=O)c1c(O)cccc1C2=O. The predicted octanol–water partition coefficient (Wildman–Crippen LogP) is 0.931. The first-order valence-corrected chi connectivity index (χ1v) is 6.23. The number of aromatic hydroxyl groups is 1. The molecule has 6 nitrogen and oxygen atoms in total. The summed E-state index contributed by atoms with van der Waals surface area (Å²) in [7, 11) is 1.21. The highest BCUT2D eigenvalue weighted by molar-refractivity contribution is 6.29. The minimum Gasteiger partial charge on any atom is -0.507 e. The molecule has 1 aliphatic carbocycles. The second kappa shape index (κ2) is 4.59. The van der Waals surface area contributed by atoms with Gasteiger partial charge in [0.25, 0.3) is 0 Å². The Labute approximate surface area is 119 Å². The van der Waals surface area contributed by atoms with E-state index >= 15 is 0 Å². The first-order chi connectivity index (χ1) is 10.1. The van der Waals surface area contributed by atoms with E-state index < -0.39 is 23.5 Å². The molecule has 6 heteroatoms.